The van der Waals surface area contributed by atoms with Crippen LogP contribution in [0.5, 0.6) is 11.5 Å². The zero-order chi connectivity index (χ0) is 16.4. The van der Waals surface area contributed by atoms with Gasteiger partial charge >= 0.3 is 0 Å². The van der Waals surface area contributed by atoms with Gasteiger partial charge in [-0.2, -0.15) is 0 Å². The largest absolute Gasteiger partial charge is 0.493 e. The van der Waals surface area contributed by atoms with E-state index in [2.05, 4.69) is 4.98 Å². The molecule has 120 valence electrons. The Bertz CT molecular complexity index is 845. The maximum absolute atomic E-state index is 13.6. The highest BCUT2D eigenvalue weighted by molar-refractivity contribution is 5.69. The summed E-state index contributed by atoms with van der Waals surface area (Å²) in [6, 6.07) is 8.63. The van der Waals surface area contributed by atoms with Gasteiger partial charge in [0.05, 0.1) is 25.6 Å². The number of nitrogens with two attached hydrogens (primary N) is 1. The third-order valence-electron chi connectivity index (χ3n) is 3.72. The highest BCUT2D eigenvalue weighted by atomic mass is 19.1. The van der Waals surface area contributed by atoms with Crippen molar-refractivity contribution in [3.05, 3.63) is 48.0 Å². The van der Waals surface area contributed by atoms with Crippen molar-refractivity contribution in [2.24, 2.45) is 5.73 Å². The van der Waals surface area contributed by atoms with Crippen LogP contribution in [0.1, 0.15) is 5.69 Å². The maximum atomic E-state index is 13.6. The molecule has 23 heavy (non-hydrogen) atoms. The van der Waals surface area contributed by atoms with E-state index in [1.165, 1.54) is 12.3 Å². The lowest BCUT2D eigenvalue weighted by atomic mass is 10.1. The number of benzene rings is 1. The lowest BCUT2D eigenvalue weighted by Gasteiger charge is -2.09. The molecule has 0 aliphatic heterocycles. The molecular formula is C17H18FN3O2. The van der Waals surface area contributed by atoms with E-state index in [4.69, 9.17) is 15.2 Å². The van der Waals surface area contributed by atoms with Gasteiger partial charge in [-0.25, -0.2) is 9.37 Å². The second kappa shape index (κ2) is 6.26. The van der Waals surface area contributed by atoms with Crippen LogP contribution < -0.4 is 15.2 Å². The molecule has 2 N–H and O–H groups in total. The molecule has 0 spiro atoms. The first-order valence-corrected chi connectivity index (χ1v) is 7.27. The Morgan fingerprint density at radius 1 is 1.13 bits per heavy atom. The van der Waals surface area contributed by atoms with E-state index in [-0.39, 0.29) is 5.82 Å². The SMILES string of the molecule is COc1ccc(-c2nc3ccc(F)cn3c2CCN)cc1OC. The first-order valence-electron chi connectivity index (χ1n) is 7.27. The molecule has 2 aromatic heterocycles. The van der Waals surface area contributed by atoms with Crippen LogP contribution in [0, 0.1) is 5.82 Å². The predicted molar refractivity (Wildman–Crippen MR) is 86.4 cm³/mol. The van der Waals surface area contributed by atoms with Crippen LogP contribution in [-0.2, 0) is 6.42 Å². The van der Waals surface area contributed by atoms with Gasteiger partial charge in [0.15, 0.2) is 11.5 Å². The van der Waals surface area contributed by atoms with Crippen molar-refractivity contribution in [3.63, 3.8) is 0 Å². The highest BCUT2D eigenvalue weighted by Crippen LogP contribution is 2.33. The number of pyridine rings is 1. The average molecular weight is 315 g/mol. The number of fused-ring (bicyclic) bond motifs is 1. The van der Waals surface area contributed by atoms with E-state index in [1.807, 2.05) is 18.2 Å². The van der Waals surface area contributed by atoms with Gasteiger partial charge < -0.3 is 19.6 Å². The molecule has 2 heterocycles. The highest BCUT2D eigenvalue weighted by Gasteiger charge is 2.16. The molecule has 3 aromatic rings. The Hall–Kier alpha value is -2.60. The standard InChI is InChI=1S/C17H18FN3O2/c1-22-14-5-3-11(9-15(14)23-2)17-13(7-8-19)21-10-12(18)4-6-16(21)20-17/h3-6,9-10H,7-8,19H2,1-2H3. The van der Waals surface area contributed by atoms with Crippen molar-refractivity contribution < 1.29 is 13.9 Å². The van der Waals surface area contributed by atoms with E-state index in [0.717, 1.165) is 17.0 Å². The van der Waals surface area contributed by atoms with Gasteiger partial charge in [-0.3, -0.25) is 0 Å². The number of ether oxygens (including phenoxy) is 2. The van der Waals surface area contributed by atoms with Gasteiger partial charge in [-0.1, -0.05) is 0 Å². The average Bonchev–Trinajstić information content (AvgIpc) is 2.92. The second-order valence-corrected chi connectivity index (χ2v) is 5.09. The number of hydrogen-bond acceptors (Lipinski definition) is 4. The summed E-state index contributed by atoms with van der Waals surface area (Å²) in [5.41, 5.74) is 8.90. The molecule has 0 unspecified atom stereocenters. The van der Waals surface area contributed by atoms with Crippen LogP contribution in [0.15, 0.2) is 36.5 Å². The van der Waals surface area contributed by atoms with Crippen LogP contribution >= 0.6 is 0 Å². The van der Waals surface area contributed by atoms with Crippen molar-refractivity contribution in [1.82, 2.24) is 9.38 Å². The van der Waals surface area contributed by atoms with E-state index in [9.17, 15) is 4.39 Å². The summed E-state index contributed by atoms with van der Waals surface area (Å²) in [4.78, 5) is 4.62. The van der Waals surface area contributed by atoms with Crippen LogP contribution in [0.3, 0.4) is 0 Å². The molecule has 0 bridgehead atoms. The van der Waals surface area contributed by atoms with Gasteiger partial charge in [0.25, 0.3) is 0 Å². The molecule has 0 fully saturated rings. The minimum atomic E-state index is -0.313. The van der Waals surface area contributed by atoms with Crippen LogP contribution in [0.2, 0.25) is 0 Å². The van der Waals surface area contributed by atoms with Gasteiger partial charge in [0.1, 0.15) is 11.5 Å². The lowest BCUT2D eigenvalue weighted by Crippen LogP contribution is -2.06. The summed E-state index contributed by atoms with van der Waals surface area (Å²) in [5.74, 6) is 0.949. The summed E-state index contributed by atoms with van der Waals surface area (Å²) in [7, 11) is 3.17. The molecule has 0 aliphatic rings. The monoisotopic (exact) mass is 315 g/mol. The van der Waals surface area contributed by atoms with Crippen molar-refractivity contribution in [1.29, 1.82) is 0 Å². The number of imidazole rings is 1. The summed E-state index contributed by atoms with van der Waals surface area (Å²) >= 11 is 0. The van der Waals surface area contributed by atoms with Crippen molar-refractivity contribution >= 4 is 5.65 Å². The quantitative estimate of drug-likeness (QED) is 0.786. The molecular weight excluding hydrogens is 297 g/mol. The number of rotatable bonds is 5. The van der Waals surface area contributed by atoms with Crippen LogP contribution in [0.25, 0.3) is 16.9 Å². The van der Waals surface area contributed by atoms with Crippen LogP contribution in [0.4, 0.5) is 4.39 Å². The topological polar surface area (TPSA) is 61.8 Å². The summed E-state index contributed by atoms with van der Waals surface area (Å²) in [5, 5.41) is 0. The fourth-order valence-corrected chi connectivity index (χ4v) is 2.66. The Kier molecular flexibility index (Phi) is 4.16. The Morgan fingerprint density at radius 2 is 1.91 bits per heavy atom. The summed E-state index contributed by atoms with van der Waals surface area (Å²) < 4.78 is 25.9. The molecule has 0 radical (unpaired) electrons. The number of halogens is 1. The molecule has 5 nitrogen and oxygen atoms in total. The Labute approximate surface area is 133 Å². The molecule has 3 rings (SSSR count). The molecule has 0 saturated heterocycles. The second-order valence-electron chi connectivity index (χ2n) is 5.09. The van der Waals surface area contributed by atoms with E-state index >= 15 is 0 Å². The normalized spacial score (nSPS) is 11.0. The predicted octanol–water partition coefficient (Wildman–Crippen LogP) is 2.66. The first kappa shape index (κ1) is 15.3. The van der Waals surface area contributed by atoms with Gasteiger partial charge in [-0.05, 0) is 36.9 Å². The molecule has 1 aromatic carbocycles. The third kappa shape index (κ3) is 2.73. The smallest absolute Gasteiger partial charge is 0.161 e. The summed E-state index contributed by atoms with van der Waals surface area (Å²) in [6.07, 6.45) is 2.02. The third-order valence-corrected chi connectivity index (χ3v) is 3.72. The Balaban J connectivity index is 2.20. The van der Waals surface area contributed by atoms with Gasteiger partial charge in [0, 0.05) is 18.2 Å². The molecule has 0 atom stereocenters. The molecule has 0 saturated carbocycles. The fraction of sp³-hybridized carbons (Fsp3) is 0.235. The first-order chi connectivity index (χ1) is 11.2. The molecule has 6 heteroatoms. The van der Waals surface area contributed by atoms with Crippen molar-refractivity contribution in [3.8, 4) is 22.8 Å². The molecule has 0 aliphatic carbocycles. The number of hydrogen-bond donors (Lipinski definition) is 1. The minimum Gasteiger partial charge on any atom is -0.493 e. The summed E-state index contributed by atoms with van der Waals surface area (Å²) in [6.45, 7) is 0.449. The zero-order valence-corrected chi connectivity index (χ0v) is 13.0. The van der Waals surface area contributed by atoms with E-state index in [0.29, 0.717) is 30.1 Å². The maximum Gasteiger partial charge on any atom is 0.161 e. The lowest BCUT2D eigenvalue weighted by molar-refractivity contribution is 0.355. The number of aromatic nitrogens is 2. The van der Waals surface area contributed by atoms with Gasteiger partial charge in [0.2, 0.25) is 0 Å². The number of methoxy groups -OCH3 is 2. The van der Waals surface area contributed by atoms with Crippen LogP contribution in [-0.4, -0.2) is 30.1 Å². The zero-order valence-electron chi connectivity index (χ0n) is 13.0. The van der Waals surface area contributed by atoms with Crippen molar-refractivity contribution in [2.45, 2.75) is 6.42 Å². The van der Waals surface area contributed by atoms with Gasteiger partial charge in [-0.15, -0.1) is 0 Å². The Morgan fingerprint density at radius 3 is 2.61 bits per heavy atom. The molecule has 0 amide bonds. The van der Waals surface area contributed by atoms with Crippen molar-refractivity contribution in [2.75, 3.05) is 20.8 Å². The minimum absolute atomic E-state index is 0.313. The number of nitrogens with zero attached hydrogens (tertiary/aromatic N) is 2. The van der Waals surface area contributed by atoms with E-state index < -0.39 is 0 Å². The fourth-order valence-electron chi connectivity index (χ4n) is 2.66. The van der Waals surface area contributed by atoms with E-state index in [1.54, 1.807) is 24.7 Å².